The Morgan fingerprint density at radius 2 is 1.82 bits per heavy atom. The lowest BCUT2D eigenvalue weighted by Crippen LogP contribution is -2.10. The zero-order valence-electron chi connectivity index (χ0n) is 13.3. The van der Waals surface area contributed by atoms with Gasteiger partial charge in [0, 0.05) is 17.5 Å². The number of hydrogen-bond donors (Lipinski definition) is 1. The van der Waals surface area contributed by atoms with Crippen LogP contribution < -0.4 is 10.5 Å². The summed E-state index contributed by atoms with van der Waals surface area (Å²) in [5.41, 5.74) is 6.62. The number of nitrogens with two attached hydrogens (primary N) is 1. The molecule has 0 bridgehead atoms. The van der Waals surface area contributed by atoms with Crippen molar-refractivity contribution in [2.24, 2.45) is 5.73 Å². The molecule has 0 radical (unpaired) electrons. The molecule has 0 aliphatic rings. The number of carbonyl (C=O) groups excluding carboxylic acids is 1. The fourth-order valence-corrected chi connectivity index (χ4v) is 1.90. The van der Waals surface area contributed by atoms with E-state index in [4.69, 9.17) is 10.5 Å². The van der Waals surface area contributed by atoms with E-state index in [1.807, 2.05) is 19.9 Å². The molecule has 5 heteroatoms. The Morgan fingerprint density at radius 1 is 1.09 bits per heavy atom. The van der Waals surface area contributed by atoms with Crippen molar-refractivity contribution in [3.05, 3.63) is 47.4 Å². The molecular weight excluding hydrogens is 278 g/mol. The predicted molar refractivity (Wildman–Crippen MR) is 85.2 cm³/mol. The van der Waals surface area contributed by atoms with Gasteiger partial charge in [0.25, 0.3) is 0 Å². The zero-order chi connectivity index (χ0) is 16.3. The molecule has 0 atom stereocenters. The minimum Gasteiger partial charge on any atom is -0.439 e. The predicted octanol–water partition coefficient (Wildman–Crippen LogP) is 3.61. The van der Waals surface area contributed by atoms with Gasteiger partial charge in [-0.1, -0.05) is 33.8 Å². The third-order valence-electron chi connectivity index (χ3n) is 3.19. The number of ether oxygens (including phenoxy) is 1. The molecule has 2 rings (SSSR count). The van der Waals surface area contributed by atoms with Crippen LogP contribution in [-0.2, 0) is 0 Å². The highest BCUT2D eigenvalue weighted by atomic mass is 16.5. The summed E-state index contributed by atoms with van der Waals surface area (Å²) < 4.78 is 5.79. The van der Waals surface area contributed by atoms with Crippen LogP contribution >= 0.6 is 0 Å². The van der Waals surface area contributed by atoms with Crippen LogP contribution in [0, 0.1) is 0 Å². The van der Waals surface area contributed by atoms with Gasteiger partial charge >= 0.3 is 0 Å². The summed E-state index contributed by atoms with van der Waals surface area (Å²) in [5.74, 6) is 1.74. The number of primary amides is 1. The molecule has 0 aliphatic carbocycles. The number of hydrogen-bond acceptors (Lipinski definition) is 4. The van der Waals surface area contributed by atoms with Crippen LogP contribution in [0.2, 0.25) is 0 Å². The Morgan fingerprint density at radius 3 is 2.41 bits per heavy atom. The minimum atomic E-state index is -0.487. The molecule has 1 amide bonds. The zero-order valence-corrected chi connectivity index (χ0v) is 13.3. The van der Waals surface area contributed by atoms with Crippen molar-refractivity contribution in [2.75, 3.05) is 0 Å². The maximum Gasteiger partial charge on any atom is 0.248 e. The van der Waals surface area contributed by atoms with E-state index in [1.165, 1.54) is 0 Å². The average Bonchev–Trinajstić information content (AvgIpc) is 2.47. The maximum absolute atomic E-state index is 11.2. The molecule has 0 unspecified atom stereocenters. The second kappa shape index (κ2) is 6.56. The molecular formula is C17H21N3O2. The molecule has 22 heavy (non-hydrogen) atoms. The van der Waals surface area contributed by atoms with E-state index in [0.29, 0.717) is 17.2 Å². The van der Waals surface area contributed by atoms with E-state index >= 15 is 0 Å². The Bertz CT molecular complexity index is 655. The summed E-state index contributed by atoms with van der Waals surface area (Å²) in [6, 6.07) is 8.57. The van der Waals surface area contributed by atoms with Gasteiger partial charge in [-0.25, -0.2) is 4.98 Å². The lowest BCUT2D eigenvalue weighted by atomic mass is 10.1. The Kier molecular flexibility index (Phi) is 4.75. The number of amides is 1. The van der Waals surface area contributed by atoms with Crippen molar-refractivity contribution in [3.8, 4) is 11.6 Å². The van der Waals surface area contributed by atoms with E-state index in [1.54, 1.807) is 24.3 Å². The van der Waals surface area contributed by atoms with E-state index in [9.17, 15) is 4.79 Å². The van der Waals surface area contributed by atoms with Crippen LogP contribution in [0.3, 0.4) is 0 Å². The number of nitrogens with zero attached hydrogens (tertiary/aromatic N) is 2. The van der Waals surface area contributed by atoms with Crippen LogP contribution in [-0.4, -0.2) is 15.9 Å². The first-order valence-corrected chi connectivity index (χ1v) is 7.33. The molecule has 0 saturated heterocycles. The molecule has 0 saturated carbocycles. The molecule has 0 aliphatic heterocycles. The van der Waals surface area contributed by atoms with E-state index in [2.05, 4.69) is 23.8 Å². The van der Waals surface area contributed by atoms with Crippen molar-refractivity contribution in [1.29, 1.82) is 0 Å². The minimum absolute atomic E-state index is 0.206. The van der Waals surface area contributed by atoms with Crippen molar-refractivity contribution in [3.63, 3.8) is 0 Å². The summed E-state index contributed by atoms with van der Waals surface area (Å²) in [6.07, 6.45) is 0. The van der Waals surface area contributed by atoms with E-state index in [0.717, 1.165) is 11.5 Å². The number of benzene rings is 1. The fraction of sp³-hybridized carbons (Fsp3) is 0.353. The summed E-state index contributed by atoms with van der Waals surface area (Å²) in [6.45, 7) is 8.22. The van der Waals surface area contributed by atoms with Gasteiger partial charge < -0.3 is 10.5 Å². The molecule has 5 nitrogen and oxygen atoms in total. The highest BCUT2D eigenvalue weighted by Crippen LogP contribution is 2.25. The van der Waals surface area contributed by atoms with E-state index in [-0.39, 0.29) is 11.8 Å². The van der Waals surface area contributed by atoms with Gasteiger partial charge in [-0.15, -0.1) is 0 Å². The number of rotatable bonds is 5. The van der Waals surface area contributed by atoms with Gasteiger partial charge in [-0.3, -0.25) is 4.79 Å². The molecule has 0 fully saturated rings. The van der Waals surface area contributed by atoms with Crippen LogP contribution in [0.1, 0.15) is 61.4 Å². The smallest absolute Gasteiger partial charge is 0.248 e. The van der Waals surface area contributed by atoms with E-state index < -0.39 is 5.91 Å². The average molecular weight is 299 g/mol. The van der Waals surface area contributed by atoms with Gasteiger partial charge in [-0.05, 0) is 24.1 Å². The van der Waals surface area contributed by atoms with Gasteiger partial charge in [0.1, 0.15) is 11.6 Å². The third kappa shape index (κ3) is 3.81. The quantitative estimate of drug-likeness (QED) is 0.914. The van der Waals surface area contributed by atoms with Crippen LogP contribution in [0.4, 0.5) is 0 Å². The highest BCUT2D eigenvalue weighted by molar-refractivity contribution is 5.93. The Hall–Kier alpha value is -2.43. The first kappa shape index (κ1) is 15.9. The molecule has 116 valence electrons. The van der Waals surface area contributed by atoms with Crippen LogP contribution in [0.5, 0.6) is 11.6 Å². The maximum atomic E-state index is 11.2. The first-order valence-electron chi connectivity index (χ1n) is 7.33. The van der Waals surface area contributed by atoms with Crippen molar-refractivity contribution >= 4 is 5.91 Å². The lowest BCUT2D eigenvalue weighted by Gasteiger charge is -2.13. The van der Waals surface area contributed by atoms with Gasteiger partial charge in [-0.2, -0.15) is 4.98 Å². The van der Waals surface area contributed by atoms with Crippen LogP contribution in [0.15, 0.2) is 30.3 Å². The van der Waals surface area contributed by atoms with Gasteiger partial charge in [0.2, 0.25) is 11.8 Å². The lowest BCUT2D eigenvalue weighted by molar-refractivity contribution is 0.1000. The molecule has 1 aromatic heterocycles. The van der Waals surface area contributed by atoms with Crippen LogP contribution in [0.25, 0.3) is 0 Å². The molecule has 1 heterocycles. The van der Waals surface area contributed by atoms with Crippen molar-refractivity contribution in [2.45, 2.75) is 39.5 Å². The van der Waals surface area contributed by atoms with Crippen molar-refractivity contribution < 1.29 is 9.53 Å². The fourth-order valence-electron chi connectivity index (χ4n) is 1.90. The molecule has 2 aromatic rings. The summed E-state index contributed by atoms with van der Waals surface area (Å²) in [7, 11) is 0. The largest absolute Gasteiger partial charge is 0.439 e. The second-order valence-electron chi connectivity index (χ2n) is 5.79. The summed E-state index contributed by atoms with van der Waals surface area (Å²) in [4.78, 5) is 20.2. The topological polar surface area (TPSA) is 78.1 Å². The summed E-state index contributed by atoms with van der Waals surface area (Å²) in [5, 5.41) is 0. The van der Waals surface area contributed by atoms with Gasteiger partial charge in [0.05, 0.1) is 5.69 Å². The monoisotopic (exact) mass is 299 g/mol. The first-order chi connectivity index (χ1) is 10.4. The van der Waals surface area contributed by atoms with Crippen molar-refractivity contribution in [1.82, 2.24) is 9.97 Å². The Labute approximate surface area is 130 Å². The third-order valence-corrected chi connectivity index (χ3v) is 3.19. The Balaban J connectivity index is 2.36. The number of aromatic nitrogens is 2. The molecule has 2 N–H and O–H groups in total. The normalized spacial score (nSPS) is 11.0. The highest BCUT2D eigenvalue weighted by Gasteiger charge is 2.12. The number of carbonyl (C=O) groups is 1. The molecule has 1 aromatic carbocycles. The summed E-state index contributed by atoms with van der Waals surface area (Å²) >= 11 is 0. The molecule has 0 spiro atoms. The second-order valence-corrected chi connectivity index (χ2v) is 5.79. The standard InChI is InChI=1S/C17H21N3O2/c1-10(2)14-9-15(20-17(19-14)11(3)4)22-13-7-5-6-12(8-13)16(18)21/h5-11H,1-4H3,(H2,18,21). The van der Waals surface area contributed by atoms with Gasteiger partial charge in [0.15, 0.2) is 0 Å². The SMILES string of the molecule is CC(C)c1cc(Oc2cccc(C(N)=O)c2)nc(C(C)C)n1.